The minimum atomic E-state index is 0.250. The van der Waals surface area contributed by atoms with Crippen molar-refractivity contribution < 1.29 is 9.84 Å². The van der Waals surface area contributed by atoms with Crippen molar-refractivity contribution in [2.45, 2.75) is 12.5 Å². The first-order valence-electron chi connectivity index (χ1n) is 5.30. The molecule has 0 amide bonds. The average molecular weight is 202 g/mol. The Bertz CT molecular complexity index is 153. The molecule has 0 aromatic carbocycles. The van der Waals surface area contributed by atoms with E-state index in [4.69, 9.17) is 4.74 Å². The topological polar surface area (TPSA) is 35.9 Å². The second kappa shape index (κ2) is 6.35. The quantitative estimate of drug-likeness (QED) is 0.675. The van der Waals surface area contributed by atoms with Crippen molar-refractivity contribution in [1.29, 1.82) is 0 Å². The van der Waals surface area contributed by atoms with Gasteiger partial charge in [-0.15, -0.1) is 0 Å². The molecule has 4 nitrogen and oxygen atoms in total. The Kier molecular flexibility index (Phi) is 5.40. The smallest absolute Gasteiger partial charge is 0.0599 e. The molecule has 4 heteroatoms. The largest absolute Gasteiger partial charge is 0.395 e. The van der Waals surface area contributed by atoms with Gasteiger partial charge in [0.25, 0.3) is 0 Å². The second-order valence-corrected chi connectivity index (χ2v) is 3.96. The maximum Gasteiger partial charge on any atom is 0.0599 e. The highest BCUT2D eigenvalue weighted by atomic mass is 16.5. The van der Waals surface area contributed by atoms with Gasteiger partial charge in [-0.05, 0) is 26.6 Å². The number of hydrogen-bond donors (Lipinski definition) is 1. The van der Waals surface area contributed by atoms with Crippen molar-refractivity contribution in [3.05, 3.63) is 0 Å². The van der Waals surface area contributed by atoms with Crippen LogP contribution in [0.25, 0.3) is 0 Å². The van der Waals surface area contributed by atoms with Gasteiger partial charge in [0.1, 0.15) is 0 Å². The normalized spacial score (nSPS) is 26.4. The third-order valence-electron chi connectivity index (χ3n) is 2.90. The summed E-state index contributed by atoms with van der Waals surface area (Å²) in [5, 5.41) is 9.23. The molecular weight excluding hydrogens is 180 g/mol. The van der Waals surface area contributed by atoms with Crippen LogP contribution in [0.5, 0.6) is 0 Å². The summed E-state index contributed by atoms with van der Waals surface area (Å²) in [6.07, 6.45) is 1.18. The standard InChI is InChI=1S/C10H22N2O2/c1-11-4-3-5-12(6-7-14-2)8-10(11)9-13/h10,13H,3-9H2,1-2H3. The third kappa shape index (κ3) is 3.53. The van der Waals surface area contributed by atoms with Crippen molar-refractivity contribution in [2.24, 2.45) is 0 Å². The summed E-state index contributed by atoms with van der Waals surface area (Å²) in [4.78, 5) is 4.61. The Morgan fingerprint density at radius 1 is 1.43 bits per heavy atom. The van der Waals surface area contributed by atoms with Gasteiger partial charge >= 0.3 is 0 Å². The van der Waals surface area contributed by atoms with Crippen LogP contribution >= 0.6 is 0 Å². The van der Waals surface area contributed by atoms with Crippen LogP contribution in [0.2, 0.25) is 0 Å². The van der Waals surface area contributed by atoms with Gasteiger partial charge in [-0.25, -0.2) is 0 Å². The van der Waals surface area contributed by atoms with E-state index in [9.17, 15) is 5.11 Å². The molecule has 0 aromatic heterocycles. The zero-order valence-corrected chi connectivity index (χ0v) is 9.28. The van der Waals surface area contributed by atoms with E-state index in [1.807, 2.05) is 0 Å². The number of methoxy groups -OCH3 is 1. The Morgan fingerprint density at radius 3 is 2.86 bits per heavy atom. The molecule has 14 heavy (non-hydrogen) atoms. The van der Waals surface area contributed by atoms with Crippen molar-refractivity contribution in [3.63, 3.8) is 0 Å². The van der Waals surface area contributed by atoms with Crippen LogP contribution in [0.3, 0.4) is 0 Å². The highest BCUT2D eigenvalue weighted by Crippen LogP contribution is 2.07. The van der Waals surface area contributed by atoms with Crippen LogP contribution in [0.4, 0.5) is 0 Å². The van der Waals surface area contributed by atoms with Gasteiger partial charge < -0.3 is 9.84 Å². The number of rotatable bonds is 4. The van der Waals surface area contributed by atoms with E-state index in [0.717, 1.165) is 32.8 Å². The maximum absolute atomic E-state index is 9.23. The van der Waals surface area contributed by atoms with Crippen LogP contribution in [-0.4, -0.2) is 74.5 Å². The van der Waals surface area contributed by atoms with Gasteiger partial charge in [0.15, 0.2) is 0 Å². The second-order valence-electron chi connectivity index (χ2n) is 3.96. The van der Waals surface area contributed by atoms with E-state index in [-0.39, 0.29) is 12.6 Å². The molecule has 0 radical (unpaired) electrons. The molecule has 0 aromatic rings. The van der Waals surface area contributed by atoms with Crippen LogP contribution in [-0.2, 0) is 4.74 Å². The predicted molar refractivity (Wildman–Crippen MR) is 56.4 cm³/mol. The van der Waals surface area contributed by atoms with E-state index in [2.05, 4.69) is 16.8 Å². The molecule has 1 aliphatic rings. The molecule has 1 atom stereocenters. The number of ether oxygens (including phenoxy) is 1. The fraction of sp³-hybridized carbons (Fsp3) is 1.00. The minimum absolute atomic E-state index is 0.250. The molecular formula is C10H22N2O2. The summed E-state index contributed by atoms with van der Waals surface area (Å²) in [7, 11) is 3.81. The van der Waals surface area contributed by atoms with Crippen molar-refractivity contribution in [3.8, 4) is 0 Å². The van der Waals surface area contributed by atoms with Gasteiger partial charge in [-0.1, -0.05) is 0 Å². The molecule has 84 valence electrons. The summed E-state index contributed by atoms with van der Waals surface area (Å²) in [5.74, 6) is 0. The number of aliphatic hydroxyl groups is 1. The Morgan fingerprint density at radius 2 is 2.21 bits per heavy atom. The van der Waals surface area contributed by atoms with Gasteiger partial charge in [0.2, 0.25) is 0 Å². The van der Waals surface area contributed by atoms with Crippen molar-refractivity contribution in [2.75, 3.05) is 53.6 Å². The molecule has 0 saturated carbocycles. The predicted octanol–water partition coefficient (Wildman–Crippen LogP) is -0.369. The van der Waals surface area contributed by atoms with Crippen LogP contribution in [0, 0.1) is 0 Å². The van der Waals surface area contributed by atoms with E-state index >= 15 is 0 Å². The van der Waals surface area contributed by atoms with E-state index < -0.39 is 0 Å². The number of aliphatic hydroxyl groups excluding tert-OH is 1. The number of hydrogen-bond acceptors (Lipinski definition) is 4. The van der Waals surface area contributed by atoms with Crippen LogP contribution in [0.1, 0.15) is 6.42 Å². The lowest BCUT2D eigenvalue weighted by Gasteiger charge is -2.27. The molecule has 1 N–H and O–H groups in total. The minimum Gasteiger partial charge on any atom is -0.395 e. The van der Waals surface area contributed by atoms with Crippen LogP contribution < -0.4 is 0 Å². The molecule has 0 bridgehead atoms. The Labute approximate surface area is 86.4 Å². The molecule has 1 rings (SSSR count). The van der Waals surface area contributed by atoms with E-state index in [1.54, 1.807) is 7.11 Å². The lowest BCUT2D eigenvalue weighted by Crippen LogP contribution is -2.42. The summed E-state index contributed by atoms with van der Waals surface area (Å²) >= 11 is 0. The molecule has 0 aliphatic carbocycles. The lowest BCUT2D eigenvalue weighted by molar-refractivity contribution is 0.111. The molecule has 1 aliphatic heterocycles. The first-order valence-corrected chi connectivity index (χ1v) is 5.30. The highest BCUT2D eigenvalue weighted by Gasteiger charge is 2.20. The van der Waals surface area contributed by atoms with Gasteiger partial charge in [-0.2, -0.15) is 0 Å². The first-order chi connectivity index (χ1) is 6.77. The van der Waals surface area contributed by atoms with E-state index in [1.165, 1.54) is 6.42 Å². The first kappa shape index (κ1) is 11.9. The SMILES string of the molecule is COCCN1CCCN(C)C(CO)C1. The van der Waals surface area contributed by atoms with Crippen LogP contribution in [0.15, 0.2) is 0 Å². The molecule has 1 fully saturated rings. The Hall–Kier alpha value is -0.160. The van der Waals surface area contributed by atoms with E-state index in [0.29, 0.717) is 0 Å². The van der Waals surface area contributed by atoms with Crippen molar-refractivity contribution in [1.82, 2.24) is 9.80 Å². The molecule has 1 heterocycles. The fourth-order valence-corrected chi connectivity index (χ4v) is 1.88. The molecule has 1 saturated heterocycles. The summed E-state index contributed by atoms with van der Waals surface area (Å²) in [6, 6.07) is 0.286. The lowest BCUT2D eigenvalue weighted by atomic mass is 10.2. The highest BCUT2D eigenvalue weighted by molar-refractivity contribution is 4.77. The number of nitrogens with zero attached hydrogens (tertiary/aromatic N) is 2. The van der Waals surface area contributed by atoms with Gasteiger partial charge in [-0.3, -0.25) is 9.80 Å². The van der Waals surface area contributed by atoms with Crippen molar-refractivity contribution >= 4 is 0 Å². The zero-order valence-electron chi connectivity index (χ0n) is 9.28. The summed E-state index contributed by atoms with van der Waals surface area (Å²) < 4.78 is 5.06. The third-order valence-corrected chi connectivity index (χ3v) is 2.90. The molecule has 1 unspecified atom stereocenters. The monoisotopic (exact) mass is 202 g/mol. The fourth-order valence-electron chi connectivity index (χ4n) is 1.88. The van der Waals surface area contributed by atoms with Gasteiger partial charge in [0.05, 0.1) is 13.2 Å². The molecule has 0 spiro atoms. The summed E-state index contributed by atoms with van der Waals surface area (Å²) in [6.45, 7) is 5.15. The average Bonchev–Trinajstić information content (AvgIpc) is 2.37. The maximum atomic E-state index is 9.23. The van der Waals surface area contributed by atoms with Gasteiger partial charge in [0, 0.05) is 26.2 Å². The zero-order chi connectivity index (χ0) is 10.4. The summed E-state index contributed by atoms with van der Waals surface area (Å²) in [5.41, 5.74) is 0. The number of likely N-dealkylation sites (N-methyl/N-ethyl adjacent to an activating group) is 1. The Balaban J connectivity index is 2.37.